The molecule has 6 nitrogen and oxygen atoms in total. The molecule has 1 saturated heterocycles. The first kappa shape index (κ1) is 23.5. The summed E-state index contributed by atoms with van der Waals surface area (Å²) in [5.41, 5.74) is 5.55. The largest absolute Gasteiger partial charge is 0.369 e. The monoisotopic (exact) mass is 495 g/mol. The third kappa shape index (κ3) is 7.96. The Bertz CT molecular complexity index is 636. The molecule has 0 spiro atoms. The predicted octanol–water partition coefficient (Wildman–Crippen LogP) is 1.63. The van der Waals surface area contributed by atoms with Gasteiger partial charge >= 0.3 is 0 Å². The minimum Gasteiger partial charge on any atom is -0.369 e. The number of benzene rings is 1. The molecule has 0 unspecified atom stereocenters. The lowest BCUT2D eigenvalue weighted by atomic mass is 10.1. The minimum absolute atomic E-state index is 0. The van der Waals surface area contributed by atoms with Gasteiger partial charge in [-0.3, -0.25) is 14.7 Å². The van der Waals surface area contributed by atoms with Crippen LogP contribution in [-0.4, -0.2) is 55.5 Å². The van der Waals surface area contributed by atoms with Gasteiger partial charge in [0.1, 0.15) is 0 Å². The highest BCUT2D eigenvalue weighted by molar-refractivity contribution is 14.0. The summed E-state index contributed by atoms with van der Waals surface area (Å²) in [4.78, 5) is 17.5. The molecule has 27 heavy (non-hydrogen) atoms. The Kier molecular flexibility index (Phi) is 10.5. The summed E-state index contributed by atoms with van der Waals surface area (Å²) in [5, 5.41) is 6.54. The van der Waals surface area contributed by atoms with E-state index in [4.69, 9.17) is 5.73 Å². The zero-order chi connectivity index (χ0) is 18.9. The third-order valence-electron chi connectivity index (χ3n) is 4.33. The van der Waals surface area contributed by atoms with E-state index < -0.39 is 11.6 Å². The van der Waals surface area contributed by atoms with E-state index in [1.165, 1.54) is 6.07 Å². The van der Waals surface area contributed by atoms with Gasteiger partial charge < -0.3 is 16.4 Å². The number of likely N-dealkylation sites (tertiary alicyclic amines) is 1. The standard InChI is InChI=1S/C18H27F2N5O.HI/c1-2-22-18(23-9-6-13-4-3-5-15(19)17(13)20)24-14-7-10-25(11-8-14)12-16(21)26;/h3-5,14H,2,6-12H2,1H3,(H2,21,26)(H2,22,23,24);1H. The van der Waals surface area contributed by atoms with Crippen LogP contribution < -0.4 is 16.4 Å². The molecule has 9 heteroatoms. The Hall–Kier alpha value is -1.49. The second-order valence-electron chi connectivity index (χ2n) is 6.38. The number of primary amides is 1. The van der Waals surface area contributed by atoms with Gasteiger partial charge in [0.05, 0.1) is 6.54 Å². The Balaban J connectivity index is 0.00000364. The van der Waals surface area contributed by atoms with Crippen LogP contribution in [0.3, 0.4) is 0 Å². The zero-order valence-corrected chi connectivity index (χ0v) is 17.8. The molecule has 1 heterocycles. The van der Waals surface area contributed by atoms with Gasteiger partial charge in [-0.05, 0) is 37.8 Å². The number of nitrogens with zero attached hydrogens (tertiary/aromatic N) is 2. The van der Waals surface area contributed by atoms with Crippen LogP contribution in [0.15, 0.2) is 23.2 Å². The molecule has 0 aliphatic carbocycles. The lowest BCUT2D eigenvalue weighted by molar-refractivity contribution is -0.119. The minimum atomic E-state index is -0.834. The summed E-state index contributed by atoms with van der Waals surface area (Å²) in [6.45, 7) is 4.93. The van der Waals surface area contributed by atoms with E-state index in [1.54, 1.807) is 6.07 Å². The van der Waals surface area contributed by atoms with Crippen LogP contribution in [0.2, 0.25) is 0 Å². The molecule has 2 rings (SSSR count). The number of carbonyl (C=O) groups is 1. The molecular weight excluding hydrogens is 467 g/mol. The molecule has 0 bridgehead atoms. The van der Waals surface area contributed by atoms with Gasteiger partial charge in [-0.1, -0.05) is 12.1 Å². The van der Waals surface area contributed by atoms with Crippen LogP contribution in [-0.2, 0) is 11.2 Å². The van der Waals surface area contributed by atoms with Crippen molar-refractivity contribution in [2.45, 2.75) is 32.2 Å². The fraction of sp³-hybridized carbons (Fsp3) is 0.556. The molecule has 1 aliphatic heterocycles. The van der Waals surface area contributed by atoms with Crippen LogP contribution >= 0.6 is 24.0 Å². The molecule has 1 aromatic carbocycles. The van der Waals surface area contributed by atoms with Crippen molar-refractivity contribution < 1.29 is 13.6 Å². The van der Waals surface area contributed by atoms with Crippen molar-refractivity contribution in [2.75, 3.05) is 32.7 Å². The van der Waals surface area contributed by atoms with Crippen molar-refractivity contribution in [1.82, 2.24) is 15.5 Å². The zero-order valence-electron chi connectivity index (χ0n) is 15.5. The van der Waals surface area contributed by atoms with Gasteiger partial charge in [-0.25, -0.2) is 8.78 Å². The first-order valence-corrected chi connectivity index (χ1v) is 8.98. The topological polar surface area (TPSA) is 82.8 Å². The van der Waals surface area contributed by atoms with Crippen LogP contribution in [0.25, 0.3) is 0 Å². The number of nitrogens with two attached hydrogens (primary N) is 1. The van der Waals surface area contributed by atoms with Gasteiger partial charge in [0.15, 0.2) is 17.6 Å². The summed E-state index contributed by atoms with van der Waals surface area (Å²) in [6.07, 6.45) is 2.10. The number of piperidine rings is 1. The number of nitrogens with one attached hydrogen (secondary N) is 2. The van der Waals surface area contributed by atoms with Crippen molar-refractivity contribution in [3.63, 3.8) is 0 Å². The van der Waals surface area contributed by atoms with Gasteiger partial charge in [0.25, 0.3) is 0 Å². The van der Waals surface area contributed by atoms with E-state index in [2.05, 4.69) is 15.6 Å². The van der Waals surface area contributed by atoms with Crippen molar-refractivity contribution >= 4 is 35.8 Å². The van der Waals surface area contributed by atoms with Crippen molar-refractivity contribution in [1.29, 1.82) is 0 Å². The molecule has 152 valence electrons. The molecule has 0 atom stereocenters. The first-order valence-electron chi connectivity index (χ1n) is 8.98. The highest BCUT2D eigenvalue weighted by atomic mass is 127. The van der Waals surface area contributed by atoms with Crippen molar-refractivity contribution in [3.8, 4) is 0 Å². The molecule has 0 radical (unpaired) electrons. The lowest BCUT2D eigenvalue weighted by Crippen LogP contribution is -2.49. The highest BCUT2D eigenvalue weighted by Gasteiger charge is 2.20. The molecule has 0 saturated carbocycles. The van der Waals surface area contributed by atoms with Crippen molar-refractivity contribution in [3.05, 3.63) is 35.4 Å². The quantitative estimate of drug-likeness (QED) is 0.305. The maximum Gasteiger partial charge on any atom is 0.231 e. The Labute approximate surface area is 176 Å². The Morgan fingerprint density at radius 2 is 2.04 bits per heavy atom. The summed E-state index contributed by atoms with van der Waals surface area (Å²) < 4.78 is 26.9. The van der Waals surface area contributed by atoms with E-state index >= 15 is 0 Å². The highest BCUT2D eigenvalue weighted by Crippen LogP contribution is 2.12. The van der Waals surface area contributed by atoms with E-state index in [-0.39, 0.29) is 35.9 Å². The number of hydrogen-bond donors (Lipinski definition) is 3. The van der Waals surface area contributed by atoms with E-state index in [0.29, 0.717) is 37.6 Å². The van der Waals surface area contributed by atoms with Gasteiger partial charge in [-0.15, -0.1) is 24.0 Å². The van der Waals surface area contributed by atoms with Crippen LogP contribution in [0.5, 0.6) is 0 Å². The average molecular weight is 495 g/mol. The number of guanidine groups is 1. The summed E-state index contributed by atoms with van der Waals surface area (Å²) >= 11 is 0. The molecule has 0 aromatic heterocycles. The number of aliphatic imine (C=N–C) groups is 1. The molecule has 1 amide bonds. The van der Waals surface area contributed by atoms with Gasteiger partial charge in [-0.2, -0.15) is 0 Å². The van der Waals surface area contributed by atoms with E-state index in [0.717, 1.165) is 32.0 Å². The van der Waals surface area contributed by atoms with E-state index in [9.17, 15) is 13.6 Å². The maximum absolute atomic E-state index is 13.7. The van der Waals surface area contributed by atoms with Gasteiger partial charge in [0, 0.05) is 32.2 Å². The number of amides is 1. The molecule has 4 N–H and O–H groups in total. The fourth-order valence-corrected chi connectivity index (χ4v) is 3.00. The number of rotatable bonds is 7. The molecule has 1 aromatic rings. The maximum atomic E-state index is 13.7. The predicted molar refractivity (Wildman–Crippen MR) is 113 cm³/mol. The summed E-state index contributed by atoms with van der Waals surface area (Å²) in [5.74, 6) is -1.28. The second kappa shape index (κ2) is 12.1. The fourth-order valence-electron chi connectivity index (χ4n) is 3.00. The summed E-state index contributed by atoms with van der Waals surface area (Å²) in [7, 11) is 0. The number of hydrogen-bond acceptors (Lipinski definition) is 3. The van der Waals surface area contributed by atoms with E-state index in [1.807, 2.05) is 11.8 Å². The summed E-state index contributed by atoms with van der Waals surface area (Å²) in [6, 6.07) is 4.44. The van der Waals surface area contributed by atoms with Crippen molar-refractivity contribution in [2.24, 2.45) is 10.7 Å². The lowest BCUT2D eigenvalue weighted by Gasteiger charge is -2.32. The number of halogens is 3. The van der Waals surface area contributed by atoms with Crippen LogP contribution in [0.1, 0.15) is 25.3 Å². The third-order valence-corrected chi connectivity index (χ3v) is 4.33. The average Bonchev–Trinajstić information content (AvgIpc) is 2.60. The van der Waals surface area contributed by atoms with Crippen LogP contribution in [0.4, 0.5) is 8.78 Å². The molecule has 1 aliphatic rings. The SMILES string of the molecule is CCNC(=NCCc1cccc(F)c1F)NC1CCN(CC(N)=O)CC1.I. The number of carbonyl (C=O) groups excluding carboxylic acids is 1. The first-order chi connectivity index (χ1) is 12.5. The smallest absolute Gasteiger partial charge is 0.231 e. The second-order valence-corrected chi connectivity index (χ2v) is 6.38. The van der Waals surface area contributed by atoms with Gasteiger partial charge in [0.2, 0.25) is 5.91 Å². The normalized spacial score (nSPS) is 15.9. The van der Waals surface area contributed by atoms with Crippen LogP contribution in [0, 0.1) is 11.6 Å². The Morgan fingerprint density at radius 1 is 1.33 bits per heavy atom. The Morgan fingerprint density at radius 3 is 2.67 bits per heavy atom. The molecular formula is C18H28F2IN5O. The molecule has 1 fully saturated rings.